The van der Waals surface area contributed by atoms with Crippen molar-refractivity contribution in [2.45, 2.75) is 11.8 Å². The molecule has 1 aromatic heterocycles. The maximum Gasteiger partial charge on any atom is 0.243 e. The second-order valence-corrected chi connectivity index (χ2v) is 7.77. The van der Waals surface area contributed by atoms with Crippen LogP contribution in [0, 0.1) is 18.6 Å². The Hall–Kier alpha value is -2.37. The van der Waals surface area contributed by atoms with Crippen molar-refractivity contribution in [3.8, 4) is 5.88 Å². The van der Waals surface area contributed by atoms with Gasteiger partial charge in [-0.15, -0.1) is 0 Å². The first-order chi connectivity index (χ1) is 13.3. The van der Waals surface area contributed by atoms with E-state index in [1.807, 2.05) is 4.90 Å². The molecule has 152 valence electrons. The Morgan fingerprint density at radius 2 is 1.96 bits per heavy atom. The van der Waals surface area contributed by atoms with Crippen LogP contribution in [0.3, 0.4) is 0 Å². The number of nitrogens with one attached hydrogen (secondary N) is 1. The Labute approximate surface area is 161 Å². The molecular formula is C17H20F2N4O4S. The molecule has 2 heterocycles. The quantitative estimate of drug-likeness (QED) is 0.682. The molecule has 0 amide bonds. The van der Waals surface area contributed by atoms with Crippen LogP contribution in [0.5, 0.6) is 5.88 Å². The van der Waals surface area contributed by atoms with Gasteiger partial charge in [0.05, 0.1) is 13.2 Å². The lowest BCUT2D eigenvalue weighted by Gasteiger charge is -2.28. The zero-order valence-electron chi connectivity index (χ0n) is 15.2. The Kier molecular flexibility index (Phi) is 6.37. The number of anilines is 1. The predicted octanol–water partition coefficient (Wildman–Crippen LogP) is 1.26. The van der Waals surface area contributed by atoms with Crippen molar-refractivity contribution in [1.82, 2.24) is 14.7 Å². The maximum atomic E-state index is 13.7. The van der Waals surface area contributed by atoms with E-state index >= 15 is 0 Å². The number of aromatic nitrogens is 2. The lowest BCUT2D eigenvalue weighted by molar-refractivity contribution is 0.122. The molecule has 0 atom stereocenters. The molecule has 1 aliphatic rings. The molecule has 1 aliphatic heterocycles. The van der Waals surface area contributed by atoms with Gasteiger partial charge in [-0.25, -0.2) is 26.9 Å². The fourth-order valence-corrected chi connectivity index (χ4v) is 3.75. The third-order valence-electron chi connectivity index (χ3n) is 3.96. The minimum atomic E-state index is -4.20. The third kappa shape index (κ3) is 5.12. The van der Waals surface area contributed by atoms with Crippen LogP contribution >= 0.6 is 0 Å². The summed E-state index contributed by atoms with van der Waals surface area (Å²) in [5, 5.41) is 0. The van der Waals surface area contributed by atoms with Crippen LogP contribution in [-0.4, -0.2) is 57.8 Å². The average molecular weight is 414 g/mol. The number of benzene rings is 1. The van der Waals surface area contributed by atoms with Crippen molar-refractivity contribution >= 4 is 15.8 Å². The molecule has 0 radical (unpaired) electrons. The summed E-state index contributed by atoms with van der Waals surface area (Å²) in [5.41, 5.74) is 0. The van der Waals surface area contributed by atoms with Gasteiger partial charge in [0.1, 0.15) is 34.8 Å². The van der Waals surface area contributed by atoms with Crippen LogP contribution in [0.25, 0.3) is 0 Å². The third-order valence-corrected chi connectivity index (χ3v) is 5.44. The normalized spacial score (nSPS) is 14.9. The van der Waals surface area contributed by atoms with Crippen molar-refractivity contribution in [3.63, 3.8) is 0 Å². The number of hydrogen-bond acceptors (Lipinski definition) is 7. The fraction of sp³-hybridized carbons (Fsp3) is 0.412. The highest BCUT2D eigenvalue weighted by Crippen LogP contribution is 2.19. The lowest BCUT2D eigenvalue weighted by Crippen LogP contribution is -2.37. The molecular weight excluding hydrogens is 394 g/mol. The van der Waals surface area contributed by atoms with E-state index in [-0.39, 0.29) is 13.2 Å². The summed E-state index contributed by atoms with van der Waals surface area (Å²) in [6.45, 7) is 4.16. The van der Waals surface area contributed by atoms with E-state index < -0.39 is 26.6 Å². The Bertz CT molecular complexity index is 937. The number of rotatable bonds is 7. The number of halogens is 2. The number of hydrogen-bond donors (Lipinski definition) is 1. The van der Waals surface area contributed by atoms with Crippen LogP contribution in [0.2, 0.25) is 0 Å². The van der Waals surface area contributed by atoms with Gasteiger partial charge in [0.15, 0.2) is 0 Å². The molecule has 0 bridgehead atoms. The summed E-state index contributed by atoms with van der Waals surface area (Å²) in [4.78, 5) is 9.83. The van der Waals surface area contributed by atoms with Gasteiger partial charge in [-0.1, -0.05) is 0 Å². The van der Waals surface area contributed by atoms with Crippen molar-refractivity contribution in [2.24, 2.45) is 0 Å². The second kappa shape index (κ2) is 8.76. The molecule has 0 spiro atoms. The molecule has 2 aromatic rings. The summed E-state index contributed by atoms with van der Waals surface area (Å²) in [6, 6.07) is 3.90. The van der Waals surface area contributed by atoms with Crippen molar-refractivity contribution < 1.29 is 26.7 Å². The second-order valence-electron chi connectivity index (χ2n) is 6.03. The average Bonchev–Trinajstić information content (AvgIpc) is 2.67. The van der Waals surface area contributed by atoms with Gasteiger partial charge in [-0.3, -0.25) is 0 Å². The van der Waals surface area contributed by atoms with Crippen LogP contribution in [-0.2, 0) is 14.8 Å². The van der Waals surface area contributed by atoms with Gasteiger partial charge in [-0.05, 0) is 25.1 Å². The van der Waals surface area contributed by atoms with E-state index in [4.69, 9.17) is 9.47 Å². The van der Waals surface area contributed by atoms with E-state index in [1.165, 1.54) is 0 Å². The molecule has 0 aliphatic carbocycles. The molecule has 3 rings (SSSR count). The summed E-state index contributed by atoms with van der Waals surface area (Å²) in [6.07, 6.45) is 0. The SMILES string of the molecule is Cc1nc(OCCNS(=O)(=O)c2cc(F)ccc2F)cc(N2CCOCC2)n1. The van der Waals surface area contributed by atoms with Crippen LogP contribution < -0.4 is 14.4 Å². The smallest absolute Gasteiger partial charge is 0.243 e. The number of nitrogens with zero attached hydrogens (tertiary/aromatic N) is 3. The summed E-state index contributed by atoms with van der Waals surface area (Å²) < 4.78 is 64.1. The highest BCUT2D eigenvalue weighted by atomic mass is 32.2. The highest BCUT2D eigenvalue weighted by Gasteiger charge is 2.20. The van der Waals surface area contributed by atoms with E-state index in [0.29, 0.717) is 49.9 Å². The van der Waals surface area contributed by atoms with Crippen molar-refractivity contribution in [3.05, 3.63) is 41.7 Å². The summed E-state index contributed by atoms with van der Waals surface area (Å²) >= 11 is 0. The standard InChI is InChI=1S/C17H20F2N4O4S/c1-12-21-16(23-5-8-26-9-6-23)11-17(22-12)27-7-4-20-28(24,25)15-10-13(18)2-3-14(15)19/h2-3,10-11,20H,4-9H2,1H3. The molecule has 1 N–H and O–H groups in total. The first-order valence-electron chi connectivity index (χ1n) is 8.61. The predicted molar refractivity (Wildman–Crippen MR) is 96.8 cm³/mol. The van der Waals surface area contributed by atoms with E-state index in [0.717, 1.165) is 12.1 Å². The van der Waals surface area contributed by atoms with Crippen LogP contribution in [0.4, 0.5) is 14.6 Å². The van der Waals surface area contributed by atoms with E-state index in [2.05, 4.69) is 14.7 Å². The summed E-state index contributed by atoms with van der Waals surface area (Å²) in [7, 11) is -4.20. The minimum Gasteiger partial charge on any atom is -0.476 e. The molecule has 0 unspecified atom stereocenters. The number of aryl methyl sites for hydroxylation is 1. The zero-order chi connectivity index (χ0) is 20.1. The Balaban J connectivity index is 1.59. The molecule has 11 heteroatoms. The Morgan fingerprint density at radius 3 is 2.71 bits per heavy atom. The van der Waals surface area contributed by atoms with Gasteiger partial charge in [0.25, 0.3) is 0 Å². The molecule has 8 nitrogen and oxygen atoms in total. The van der Waals surface area contributed by atoms with Gasteiger partial charge in [0, 0.05) is 25.7 Å². The first kappa shape index (κ1) is 20.4. The minimum absolute atomic E-state index is 0.0465. The molecule has 0 saturated carbocycles. The van der Waals surface area contributed by atoms with Gasteiger partial charge in [0.2, 0.25) is 15.9 Å². The van der Waals surface area contributed by atoms with Gasteiger partial charge in [-0.2, -0.15) is 4.98 Å². The van der Waals surface area contributed by atoms with E-state index in [1.54, 1.807) is 13.0 Å². The van der Waals surface area contributed by atoms with Crippen LogP contribution in [0.15, 0.2) is 29.2 Å². The number of morpholine rings is 1. The molecule has 1 aromatic carbocycles. The zero-order valence-corrected chi connectivity index (χ0v) is 16.0. The number of ether oxygens (including phenoxy) is 2. The van der Waals surface area contributed by atoms with E-state index in [9.17, 15) is 17.2 Å². The highest BCUT2D eigenvalue weighted by molar-refractivity contribution is 7.89. The van der Waals surface area contributed by atoms with Gasteiger partial charge >= 0.3 is 0 Å². The molecule has 1 fully saturated rings. The monoisotopic (exact) mass is 414 g/mol. The lowest BCUT2D eigenvalue weighted by atomic mass is 10.3. The molecule has 28 heavy (non-hydrogen) atoms. The van der Waals surface area contributed by atoms with Gasteiger partial charge < -0.3 is 14.4 Å². The molecule has 1 saturated heterocycles. The summed E-state index contributed by atoms with van der Waals surface area (Å²) in [5.74, 6) is -0.360. The largest absolute Gasteiger partial charge is 0.476 e. The van der Waals surface area contributed by atoms with Crippen molar-refractivity contribution in [1.29, 1.82) is 0 Å². The van der Waals surface area contributed by atoms with Crippen molar-refractivity contribution in [2.75, 3.05) is 44.4 Å². The Morgan fingerprint density at radius 1 is 1.21 bits per heavy atom. The first-order valence-corrected chi connectivity index (χ1v) is 10.1. The fourth-order valence-electron chi connectivity index (χ4n) is 2.65. The number of sulfonamides is 1. The van der Waals surface area contributed by atoms with Crippen LogP contribution in [0.1, 0.15) is 5.82 Å². The topological polar surface area (TPSA) is 93.6 Å². The maximum absolute atomic E-state index is 13.7.